The average molecular weight is 270 g/mol. The van der Waals surface area contributed by atoms with Crippen LogP contribution < -0.4 is 16.4 Å². The van der Waals surface area contributed by atoms with Crippen LogP contribution >= 0.6 is 11.6 Å². The van der Waals surface area contributed by atoms with Gasteiger partial charge in [0.2, 0.25) is 5.91 Å². The Morgan fingerprint density at radius 3 is 2.72 bits per heavy atom. The number of unbranched alkanes of at least 4 members (excludes halogenated alkanes) is 1. The molecule has 0 heterocycles. The van der Waals surface area contributed by atoms with Gasteiger partial charge in [-0.1, -0.05) is 17.7 Å². The lowest BCUT2D eigenvalue weighted by Crippen LogP contribution is -2.30. The van der Waals surface area contributed by atoms with E-state index < -0.39 is 6.03 Å². The van der Waals surface area contributed by atoms with Crippen LogP contribution in [0.3, 0.4) is 0 Å². The van der Waals surface area contributed by atoms with Crippen LogP contribution in [0.25, 0.3) is 0 Å². The molecule has 4 N–H and O–H groups in total. The number of anilines is 1. The number of urea groups is 1. The third kappa shape index (κ3) is 6.10. The fourth-order valence-electron chi connectivity index (χ4n) is 1.41. The number of benzene rings is 1. The smallest absolute Gasteiger partial charge is 0.312 e. The fourth-order valence-corrected chi connectivity index (χ4v) is 1.60. The zero-order chi connectivity index (χ0) is 13.4. The van der Waals surface area contributed by atoms with E-state index in [0.29, 0.717) is 36.5 Å². The normalized spacial score (nSPS) is 9.83. The van der Waals surface area contributed by atoms with Crippen molar-refractivity contribution in [2.75, 3.05) is 11.9 Å². The number of primary amides is 1. The van der Waals surface area contributed by atoms with E-state index in [4.69, 9.17) is 17.3 Å². The van der Waals surface area contributed by atoms with E-state index >= 15 is 0 Å². The van der Waals surface area contributed by atoms with Gasteiger partial charge in [0.05, 0.1) is 0 Å². The van der Waals surface area contributed by atoms with Crippen molar-refractivity contribution >= 4 is 29.2 Å². The number of carbonyl (C=O) groups excluding carboxylic acids is 2. The van der Waals surface area contributed by atoms with Crippen molar-refractivity contribution in [3.8, 4) is 0 Å². The van der Waals surface area contributed by atoms with E-state index in [1.54, 1.807) is 24.3 Å². The van der Waals surface area contributed by atoms with E-state index in [0.717, 1.165) is 0 Å². The molecule has 0 spiro atoms. The van der Waals surface area contributed by atoms with Gasteiger partial charge in [0.1, 0.15) is 0 Å². The predicted octanol–water partition coefficient (Wildman–Crippen LogP) is 2.12. The van der Waals surface area contributed by atoms with E-state index in [-0.39, 0.29) is 5.91 Å². The Labute approximate surface area is 111 Å². The molecule has 18 heavy (non-hydrogen) atoms. The molecule has 0 saturated heterocycles. The predicted molar refractivity (Wildman–Crippen MR) is 71.5 cm³/mol. The summed E-state index contributed by atoms with van der Waals surface area (Å²) < 4.78 is 0. The Morgan fingerprint density at radius 2 is 2.06 bits per heavy atom. The summed E-state index contributed by atoms with van der Waals surface area (Å²) in [6.07, 6.45) is 1.80. The van der Waals surface area contributed by atoms with Gasteiger partial charge >= 0.3 is 6.03 Å². The minimum absolute atomic E-state index is 0.0728. The lowest BCUT2D eigenvalue weighted by molar-refractivity contribution is -0.116. The number of nitrogens with one attached hydrogen (secondary N) is 2. The molecule has 1 rings (SSSR count). The molecule has 0 fully saturated rings. The molecule has 98 valence electrons. The monoisotopic (exact) mass is 269 g/mol. The maximum atomic E-state index is 11.6. The SMILES string of the molecule is NC(=O)NCCCCC(=O)Nc1cccc(Cl)c1. The number of rotatable bonds is 6. The maximum absolute atomic E-state index is 11.6. The van der Waals surface area contributed by atoms with Gasteiger partial charge in [-0.3, -0.25) is 4.79 Å². The van der Waals surface area contributed by atoms with E-state index in [2.05, 4.69) is 10.6 Å². The highest BCUT2D eigenvalue weighted by Crippen LogP contribution is 2.15. The standard InChI is InChI=1S/C12H16ClN3O2/c13-9-4-3-5-10(8-9)16-11(17)6-1-2-7-15-12(14)18/h3-5,8H,1-2,6-7H2,(H,16,17)(H3,14,15,18). The van der Waals surface area contributed by atoms with E-state index in [9.17, 15) is 9.59 Å². The van der Waals surface area contributed by atoms with Gasteiger partial charge in [0.25, 0.3) is 0 Å². The molecule has 0 saturated carbocycles. The highest BCUT2D eigenvalue weighted by molar-refractivity contribution is 6.30. The molecular weight excluding hydrogens is 254 g/mol. The summed E-state index contributed by atoms with van der Waals surface area (Å²) >= 11 is 5.80. The number of carbonyl (C=O) groups is 2. The van der Waals surface area contributed by atoms with Gasteiger partial charge in [-0.05, 0) is 31.0 Å². The van der Waals surface area contributed by atoms with Crippen molar-refractivity contribution in [3.63, 3.8) is 0 Å². The molecular formula is C12H16ClN3O2. The first-order valence-electron chi connectivity index (χ1n) is 5.66. The number of hydrogen-bond donors (Lipinski definition) is 3. The molecule has 3 amide bonds. The summed E-state index contributed by atoms with van der Waals surface area (Å²) in [7, 11) is 0. The lowest BCUT2D eigenvalue weighted by Gasteiger charge is -2.05. The third-order valence-corrected chi connectivity index (χ3v) is 2.47. The summed E-state index contributed by atoms with van der Waals surface area (Å²) in [5, 5.41) is 5.80. The third-order valence-electron chi connectivity index (χ3n) is 2.24. The molecule has 0 aliphatic rings. The van der Waals surface area contributed by atoms with Crippen LogP contribution in [0, 0.1) is 0 Å². The minimum atomic E-state index is -0.543. The van der Waals surface area contributed by atoms with Crippen molar-refractivity contribution in [1.29, 1.82) is 0 Å². The first kappa shape index (κ1) is 14.3. The first-order valence-corrected chi connectivity index (χ1v) is 6.04. The zero-order valence-electron chi connectivity index (χ0n) is 9.91. The Kier molecular flexibility index (Phi) is 6.00. The van der Waals surface area contributed by atoms with Gasteiger partial charge < -0.3 is 16.4 Å². The van der Waals surface area contributed by atoms with Crippen LogP contribution in [-0.2, 0) is 4.79 Å². The molecule has 0 unspecified atom stereocenters. The number of amides is 3. The summed E-state index contributed by atoms with van der Waals surface area (Å²) in [5.41, 5.74) is 5.59. The lowest BCUT2D eigenvalue weighted by atomic mass is 10.2. The van der Waals surface area contributed by atoms with E-state index in [1.807, 2.05) is 0 Å². The molecule has 0 aromatic heterocycles. The topological polar surface area (TPSA) is 84.2 Å². The van der Waals surface area contributed by atoms with Crippen molar-refractivity contribution < 1.29 is 9.59 Å². The van der Waals surface area contributed by atoms with Crippen LogP contribution in [0.2, 0.25) is 5.02 Å². The quantitative estimate of drug-likeness (QED) is 0.691. The summed E-state index contributed by atoms with van der Waals surface area (Å²) in [4.78, 5) is 21.9. The van der Waals surface area contributed by atoms with Crippen molar-refractivity contribution in [1.82, 2.24) is 5.32 Å². The Morgan fingerprint density at radius 1 is 1.28 bits per heavy atom. The van der Waals surface area contributed by atoms with Crippen molar-refractivity contribution in [2.24, 2.45) is 5.73 Å². The fraction of sp³-hybridized carbons (Fsp3) is 0.333. The van der Waals surface area contributed by atoms with Crippen LogP contribution in [0.5, 0.6) is 0 Å². The van der Waals surface area contributed by atoms with Crippen LogP contribution in [0.4, 0.5) is 10.5 Å². The Bertz CT molecular complexity index is 424. The molecule has 0 aliphatic heterocycles. The van der Waals surface area contributed by atoms with Gasteiger partial charge in [-0.25, -0.2) is 4.79 Å². The molecule has 0 aliphatic carbocycles. The second-order valence-corrected chi connectivity index (χ2v) is 4.24. The summed E-state index contributed by atoms with van der Waals surface area (Å²) in [6.45, 7) is 0.486. The second kappa shape index (κ2) is 7.55. The minimum Gasteiger partial charge on any atom is -0.352 e. The molecule has 0 bridgehead atoms. The molecule has 1 aromatic carbocycles. The van der Waals surface area contributed by atoms with Gasteiger partial charge in [-0.15, -0.1) is 0 Å². The Hall–Kier alpha value is -1.75. The molecule has 1 aromatic rings. The molecule has 0 radical (unpaired) electrons. The van der Waals surface area contributed by atoms with Crippen LogP contribution in [0.1, 0.15) is 19.3 Å². The summed E-state index contributed by atoms with van der Waals surface area (Å²) in [6, 6.07) is 6.44. The zero-order valence-corrected chi connectivity index (χ0v) is 10.7. The maximum Gasteiger partial charge on any atom is 0.312 e. The van der Waals surface area contributed by atoms with Gasteiger partial charge in [0, 0.05) is 23.7 Å². The van der Waals surface area contributed by atoms with E-state index in [1.165, 1.54) is 0 Å². The average Bonchev–Trinajstić information content (AvgIpc) is 2.28. The number of hydrogen-bond acceptors (Lipinski definition) is 2. The van der Waals surface area contributed by atoms with Crippen LogP contribution in [-0.4, -0.2) is 18.5 Å². The molecule has 5 nitrogen and oxygen atoms in total. The Balaban J connectivity index is 2.20. The first-order chi connectivity index (χ1) is 8.58. The highest BCUT2D eigenvalue weighted by atomic mass is 35.5. The largest absolute Gasteiger partial charge is 0.352 e. The van der Waals surface area contributed by atoms with Gasteiger partial charge in [0.15, 0.2) is 0 Å². The second-order valence-electron chi connectivity index (χ2n) is 3.81. The summed E-state index contributed by atoms with van der Waals surface area (Å²) in [5.74, 6) is -0.0728. The number of halogens is 1. The number of nitrogens with two attached hydrogens (primary N) is 1. The molecule has 6 heteroatoms. The van der Waals surface area contributed by atoms with Crippen molar-refractivity contribution in [3.05, 3.63) is 29.3 Å². The van der Waals surface area contributed by atoms with Gasteiger partial charge in [-0.2, -0.15) is 0 Å². The van der Waals surface area contributed by atoms with Crippen LogP contribution in [0.15, 0.2) is 24.3 Å². The molecule has 0 atom stereocenters. The highest BCUT2D eigenvalue weighted by Gasteiger charge is 2.02. The van der Waals surface area contributed by atoms with Crippen molar-refractivity contribution in [2.45, 2.75) is 19.3 Å².